The van der Waals surface area contributed by atoms with Crippen molar-refractivity contribution in [3.63, 3.8) is 0 Å². The Morgan fingerprint density at radius 3 is 2.56 bits per heavy atom. The Balaban J connectivity index is 1.15. The van der Waals surface area contributed by atoms with Crippen LogP contribution in [0.4, 0.5) is 0 Å². The number of likely N-dealkylation sites (tertiary alicyclic amines) is 1. The van der Waals surface area contributed by atoms with E-state index in [9.17, 15) is 4.79 Å². The largest absolute Gasteiger partial charge is 0.349 e. The van der Waals surface area contributed by atoms with Crippen LogP contribution in [0.3, 0.4) is 0 Å². The van der Waals surface area contributed by atoms with Crippen molar-refractivity contribution in [1.82, 2.24) is 14.8 Å². The first kappa shape index (κ1) is 17.0. The molecule has 1 N–H and O–H groups in total. The first-order chi connectivity index (χ1) is 13.2. The molecule has 1 aromatic carbocycles. The number of amides is 1. The highest BCUT2D eigenvalue weighted by molar-refractivity contribution is 7.20. The molecule has 0 atom stereocenters. The summed E-state index contributed by atoms with van der Waals surface area (Å²) in [5, 5.41) is 4.46. The minimum atomic E-state index is 0.0932. The molecule has 0 bridgehead atoms. The van der Waals surface area contributed by atoms with Gasteiger partial charge in [-0.05, 0) is 37.3 Å². The first-order valence-corrected chi connectivity index (χ1v) is 10.7. The third-order valence-electron chi connectivity index (χ3n) is 5.71. The summed E-state index contributed by atoms with van der Waals surface area (Å²) in [6.45, 7) is 3.08. The molecule has 4 nitrogen and oxygen atoms in total. The van der Waals surface area contributed by atoms with Gasteiger partial charge < -0.3 is 9.88 Å². The standard InChI is InChI=1S/C22H25N3OS/c26-22(20-12-17-14-25(19-6-7-19)15-21(17)27-20)23-18-8-10-24(11-9-18)13-16-4-2-1-3-5-16/h1-5,12,14-15,18-19H,6-11,13H2,(H,23,26). The number of aromatic nitrogens is 1. The Labute approximate surface area is 163 Å². The van der Waals surface area contributed by atoms with Crippen LogP contribution in [-0.4, -0.2) is 34.5 Å². The van der Waals surface area contributed by atoms with Gasteiger partial charge in [0.25, 0.3) is 5.91 Å². The van der Waals surface area contributed by atoms with Crippen LogP contribution in [0.2, 0.25) is 0 Å². The van der Waals surface area contributed by atoms with Crippen molar-refractivity contribution in [1.29, 1.82) is 0 Å². The third kappa shape index (κ3) is 3.80. The van der Waals surface area contributed by atoms with Crippen LogP contribution < -0.4 is 5.32 Å². The number of carbonyl (C=O) groups is 1. The highest BCUT2D eigenvalue weighted by atomic mass is 32.1. The molecule has 27 heavy (non-hydrogen) atoms. The summed E-state index contributed by atoms with van der Waals surface area (Å²) in [5.41, 5.74) is 1.36. The van der Waals surface area contributed by atoms with Crippen molar-refractivity contribution in [2.45, 2.75) is 44.3 Å². The van der Waals surface area contributed by atoms with E-state index in [0.717, 1.165) is 37.4 Å². The molecule has 5 heteroatoms. The molecule has 1 aliphatic heterocycles. The minimum Gasteiger partial charge on any atom is -0.349 e. The minimum absolute atomic E-state index is 0.0932. The second-order valence-electron chi connectivity index (χ2n) is 7.88. The Morgan fingerprint density at radius 2 is 1.85 bits per heavy atom. The molecule has 2 fully saturated rings. The molecular weight excluding hydrogens is 354 g/mol. The van der Waals surface area contributed by atoms with Gasteiger partial charge in [0, 0.05) is 49.5 Å². The monoisotopic (exact) mass is 379 g/mol. The van der Waals surface area contributed by atoms with Gasteiger partial charge in [-0.2, -0.15) is 0 Å². The summed E-state index contributed by atoms with van der Waals surface area (Å²) in [4.78, 5) is 16.0. The molecule has 3 heterocycles. The molecular formula is C22H25N3OS. The molecule has 1 aliphatic carbocycles. The summed E-state index contributed by atoms with van der Waals surface area (Å²) in [6.07, 6.45) is 9.03. The number of nitrogens with zero attached hydrogens (tertiary/aromatic N) is 2. The Morgan fingerprint density at radius 1 is 1.07 bits per heavy atom. The number of nitrogens with one attached hydrogen (secondary N) is 1. The van der Waals surface area contributed by atoms with Gasteiger partial charge in [0.2, 0.25) is 0 Å². The maximum absolute atomic E-state index is 12.7. The number of hydrogen-bond donors (Lipinski definition) is 1. The van der Waals surface area contributed by atoms with E-state index in [0.29, 0.717) is 6.04 Å². The van der Waals surface area contributed by atoms with E-state index in [1.165, 1.54) is 28.5 Å². The predicted octanol–water partition coefficient (Wildman–Crippen LogP) is 4.43. The molecule has 0 spiro atoms. The lowest BCUT2D eigenvalue weighted by Gasteiger charge is -2.32. The fourth-order valence-electron chi connectivity index (χ4n) is 3.98. The molecule has 2 aromatic heterocycles. The number of hydrogen-bond acceptors (Lipinski definition) is 3. The predicted molar refractivity (Wildman–Crippen MR) is 110 cm³/mol. The zero-order valence-electron chi connectivity index (χ0n) is 15.4. The quantitative estimate of drug-likeness (QED) is 0.712. The van der Waals surface area contributed by atoms with Gasteiger partial charge >= 0.3 is 0 Å². The first-order valence-electron chi connectivity index (χ1n) is 9.93. The van der Waals surface area contributed by atoms with Gasteiger partial charge in [-0.3, -0.25) is 9.69 Å². The lowest BCUT2D eigenvalue weighted by molar-refractivity contribution is 0.0913. The second-order valence-corrected chi connectivity index (χ2v) is 8.96. The van der Waals surface area contributed by atoms with Crippen LogP contribution in [0.1, 0.15) is 47.0 Å². The van der Waals surface area contributed by atoms with Crippen LogP contribution >= 0.6 is 11.3 Å². The summed E-state index contributed by atoms with van der Waals surface area (Å²) < 4.78 is 3.54. The average Bonchev–Trinajstić information content (AvgIpc) is 3.34. The van der Waals surface area contributed by atoms with Gasteiger partial charge in [0.1, 0.15) is 0 Å². The zero-order chi connectivity index (χ0) is 18.2. The highest BCUT2D eigenvalue weighted by Crippen LogP contribution is 2.38. The molecule has 2 aliphatic rings. The molecule has 1 saturated carbocycles. The van der Waals surface area contributed by atoms with E-state index >= 15 is 0 Å². The lowest BCUT2D eigenvalue weighted by Crippen LogP contribution is -2.44. The Bertz CT molecular complexity index is 902. The molecule has 0 unspecified atom stereocenters. The fourth-order valence-corrected chi connectivity index (χ4v) is 4.96. The van der Waals surface area contributed by atoms with Crippen LogP contribution in [0.15, 0.2) is 48.8 Å². The van der Waals surface area contributed by atoms with Gasteiger partial charge in [0.15, 0.2) is 0 Å². The lowest BCUT2D eigenvalue weighted by atomic mass is 10.0. The van der Waals surface area contributed by atoms with Gasteiger partial charge in [0.05, 0.1) is 9.58 Å². The van der Waals surface area contributed by atoms with E-state index in [1.807, 2.05) is 0 Å². The van der Waals surface area contributed by atoms with Crippen LogP contribution in [-0.2, 0) is 6.54 Å². The van der Waals surface area contributed by atoms with Crippen molar-refractivity contribution >= 4 is 27.3 Å². The van der Waals surface area contributed by atoms with E-state index in [4.69, 9.17) is 0 Å². The summed E-state index contributed by atoms with van der Waals surface area (Å²) >= 11 is 1.62. The molecule has 1 amide bonds. The SMILES string of the molecule is O=C(NC1CCN(Cc2ccccc2)CC1)c1cc2cn(C3CC3)cc2s1. The fraction of sp³-hybridized carbons (Fsp3) is 0.409. The van der Waals surface area contributed by atoms with E-state index in [2.05, 4.69) is 63.6 Å². The van der Waals surface area contributed by atoms with Crippen molar-refractivity contribution < 1.29 is 4.79 Å². The van der Waals surface area contributed by atoms with Crippen LogP contribution in [0, 0.1) is 0 Å². The number of thiophene rings is 1. The Kier molecular flexibility index (Phi) is 4.50. The third-order valence-corrected chi connectivity index (χ3v) is 6.79. The molecule has 140 valence electrons. The Hall–Kier alpha value is -2.11. The van der Waals surface area contributed by atoms with E-state index in [-0.39, 0.29) is 11.9 Å². The topological polar surface area (TPSA) is 37.3 Å². The van der Waals surface area contributed by atoms with Crippen molar-refractivity contribution in [2.24, 2.45) is 0 Å². The van der Waals surface area contributed by atoms with Crippen molar-refractivity contribution in [3.8, 4) is 0 Å². The summed E-state index contributed by atoms with van der Waals surface area (Å²) in [7, 11) is 0. The average molecular weight is 380 g/mol. The smallest absolute Gasteiger partial charge is 0.261 e. The summed E-state index contributed by atoms with van der Waals surface area (Å²) in [5.74, 6) is 0.0932. The van der Waals surface area contributed by atoms with Gasteiger partial charge in [-0.15, -0.1) is 11.3 Å². The molecule has 5 rings (SSSR count). The zero-order valence-corrected chi connectivity index (χ0v) is 16.3. The van der Waals surface area contributed by atoms with Crippen molar-refractivity contribution in [2.75, 3.05) is 13.1 Å². The summed E-state index contributed by atoms with van der Waals surface area (Å²) in [6, 6.07) is 13.7. The number of rotatable bonds is 5. The number of piperidine rings is 1. The normalized spacial score (nSPS) is 18.8. The molecule has 0 radical (unpaired) electrons. The van der Waals surface area contributed by atoms with E-state index < -0.39 is 0 Å². The van der Waals surface area contributed by atoms with E-state index in [1.54, 1.807) is 11.3 Å². The molecule has 3 aromatic rings. The van der Waals surface area contributed by atoms with Crippen molar-refractivity contribution in [3.05, 3.63) is 59.2 Å². The van der Waals surface area contributed by atoms with Gasteiger partial charge in [-0.25, -0.2) is 0 Å². The number of fused-ring (bicyclic) bond motifs is 1. The number of benzene rings is 1. The number of carbonyl (C=O) groups excluding carboxylic acids is 1. The maximum Gasteiger partial charge on any atom is 0.261 e. The van der Waals surface area contributed by atoms with Crippen LogP contribution in [0.25, 0.3) is 10.1 Å². The van der Waals surface area contributed by atoms with Gasteiger partial charge in [-0.1, -0.05) is 30.3 Å². The van der Waals surface area contributed by atoms with Crippen LogP contribution in [0.5, 0.6) is 0 Å². The molecule has 1 saturated heterocycles. The second kappa shape index (κ2) is 7.13. The highest BCUT2D eigenvalue weighted by Gasteiger charge is 2.25. The maximum atomic E-state index is 12.7.